The number of carbonyl (C=O) groups excluding carboxylic acids is 1. The van der Waals surface area contributed by atoms with Crippen LogP contribution in [0.4, 0.5) is 4.79 Å². The highest BCUT2D eigenvalue weighted by molar-refractivity contribution is 7.90. The number of fused-ring (bicyclic) bond motifs is 1. The predicted octanol–water partition coefficient (Wildman–Crippen LogP) is 3.64. The number of sulfone groups is 1. The number of amides is 2. The average molecular weight is 420 g/mol. The van der Waals surface area contributed by atoms with Crippen LogP contribution in [0.25, 0.3) is 16.3 Å². The molecular formula is C24H23N2O3S+. The number of hydrogen-bond acceptors (Lipinski definition) is 3. The molecule has 6 heteroatoms. The first kappa shape index (κ1) is 20.0. The van der Waals surface area contributed by atoms with Gasteiger partial charge in [0.05, 0.1) is 17.7 Å². The van der Waals surface area contributed by atoms with E-state index in [1.807, 2.05) is 42.5 Å². The molecule has 1 heterocycles. The van der Waals surface area contributed by atoms with E-state index in [9.17, 15) is 13.2 Å². The fraction of sp³-hybridized carbons (Fsp3) is 0.167. The van der Waals surface area contributed by atoms with Crippen molar-refractivity contribution in [3.05, 3.63) is 90.0 Å². The molecule has 1 N–H and O–H groups in total. The Kier molecular flexibility index (Phi) is 5.77. The molecule has 0 spiro atoms. The smallest absolute Gasteiger partial charge is 0.237 e. The van der Waals surface area contributed by atoms with Crippen molar-refractivity contribution in [2.45, 2.75) is 5.75 Å². The molecule has 0 bridgehead atoms. The second-order valence-electron chi connectivity index (χ2n) is 7.31. The second-order valence-corrected chi connectivity index (χ2v) is 9.49. The molecule has 4 rings (SSSR count). The second kappa shape index (κ2) is 8.63. The Morgan fingerprint density at radius 2 is 1.67 bits per heavy atom. The zero-order chi connectivity index (χ0) is 21.0. The first-order chi connectivity index (χ1) is 14.5. The number of hydrogen-bond donors (Lipinski definition) is 1. The van der Waals surface area contributed by atoms with Crippen LogP contribution >= 0.6 is 0 Å². The fourth-order valence-corrected chi connectivity index (χ4v) is 4.86. The van der Waals surface area contributed by atoms with E-state index in [0.29, 0.717) is 6.54 Å². The van der Waals surface area contributed by atoms with Gasteiger partial charge in [-0.1, -0.05) is 72.8 Å². The number of urea groups is 1. The number of rotatable bonds is 6. The van der Waals surface area contributed by atoms with Gasteiger partial charge in [-0.15, -0.1) is 0 Å². The van der Waals surface area contributed by atoms with Crippen LogP contribution in [0.3, 0.4) is 0 Å². The molecule has 2 amide bonds. The van der Waals surface area contributed by atoms with Crippen LogP contribution in [0.5, 0.6) is 0 Å². The van der Waals surface area contributed by atoms with Crippen molar-refractivity contribution in [3.8, 4) is 0 Å². The fourth-order valence-electron chi connectivity index (χ4n) is 3.60. The standard InChI is InChI=1S/C24H22N2O3S/c27-24(25-14-16-30(28,29)18-19-7-2-1-3-8-19)26-15-13-21(17-26)23-12-6-10-20-9-4-5-11-22(20)23/h1-13,15H,14,16-18H2/p+1. The van der Waals surface area contributed by atoms with Crippen molar-refractivity contribution in [1.82, 2.24) is 5.32 Å². The Balaban J connectivity index is 1.32. The molecule has 0 saturated carbocycles. The van der Waals surface area contributed by atoms with Crippen molar-refractivity contribution < 1.29 is 17.8 Å². The summed E-state index contributed by atoms with van der Waals surface area (Å²) in [5.74, 6) is -0.114. The molecule has 1 aliphatic rings. The van der Waals surface area contributed by atoms with E-state index in [4.69, 9.17) is 0 Å². The van der Waals surface area contributed by atoms with Crippen molar-refractivity contribution in [2.24, 2.45) is 0 Å². The van der Waals surface area contributed by atoms with Gasteiger partial charge in [-0.2, -0.15) is 9.37 Å². The molecule has 3 aromatic rings. The molecule has 1 aliphatic heterocycles. The van der Waals surface area contributed by atoms with E-state index in [1.54, 1.807) is 22.9 Å². The van der Waals surface area contributed by atoms with Gasteiger partial charge in [-0.05, 0) is 28.0 Å². The molecule has 3 aromatic carbocycles. The monoisotopic (exact) mass is 419 g/mol. The molecule has 0 unspecified atom stereocenters. The highest BCUT2D eigenvalue weighted by Gasteiger charge is 2.23. The first-order valence-corrected chi connectivity index (χ1v) is 11.6. The largest absolute Gasteiger partial charge is 0.491 e. The topological polar surface area (TPSA) is 66.2 Å². The summed E-state index contributed by atoms with van der Waals surface area (Å²) in [6, 6.07) is 23.1. The minimum Gasteiger partial charge on any atom is -0.237 e. The van der Waals surface area contributed by atoms with E-state index >= 15 is 0 Å². The summed E-state index contributed by atoms with van der Waals surface area (Å²) in [6.45, 7) is 0.540. The number of benzene rings is 3. The maximum atomic E-state index is 12.5. The molecule has 152 valence electrons. The van der Waals surface area contributed by atoms with E-state index < -0.39 is 9.84 Å². The van der Waals surface area contributed by atoms with Crippen LogP contribution < -0.4 is 5.32 Å². The van der Waals surface area contributed by atoms with E-state index in [-0.39, 0.29) is 24.1 Å². The summed E-state index contributed by atoms with van der Waals surface area (Å²) in [5.41, 5.74) is 2.91. The normalized spacial score (nSPS) is 13.7. The zero-order valence-corrected chi connectivity index (χ0v) is 17.3. The van der Waals surface area contributed by atoms with Gasteiger partial charge >= 0.3 is 6.03 Å². The summed E-state index contributed by atoms with van der Waals surface area (Å²) in [5, 5.41) is 5.02. The van der Waals surface area contributed by atoms with Crippen LogP contribution in [0.2, 0.25) is 0 Å². The third kappa shape index (κ3) is 4.66. The minimum absolute atomic E-state index is 0.0215. The van der Waals surface area contributed by atoms with Crippen LogP contribution in [-0.2, 0) is 15.6 Å². The number of nitrogens with one attached hydrogen (secondary N) is 1. The quantitative estimate of drug-likeness (QED) is 0.621. The number of carbonyl (C=O) groups is 1. The van der Waals surface area contributed by atoms with Crippen molar-refractivity contribution in [1.29, 1.82) is 0 Å². The van der Waals surface area contributed by atoms with Gasteiger partial charge < -0.3 is 0 Å². The van der Waals surface area contributed by atoms with Gasteiger partial charge in [-0.25, -0.2) is 13.7 Å². The van der Waals surface area contributed by atoms with Crippen LogP contribution in [-0.4, -0.2) is 44.1 Å². The molecule has 0 fully saturated rings. The van der Waals surface area contributed by atoms with Gasteiger partial charge in [0.2, 0.25) is 0 Å². The van der Waals surface area contributed by atoms with Gasteiger partial charge in [0.1, 0.15) is 13.1 Å². The number of nitrogens with zero attached hydrogens (tertiary/aromatic N) is 1. The summed E-state index contributed by atoms with van der Waals surface area (Å²) < 4.78 is 26.1. The van der Waals surface area contributed by atoms with Crippen LogP contribution in [0.15, 0.2) is 78.9 Å². The Bertz CT molecular complexity index is 1240. The Labute approximate surface area is 176 Å². The van der Waals surface area contributed by atoms with Gasteiger partial charge in [0.15, 0.2) is 9.84 Å². The van der Waals surface area contributed by atoms with Gasteiger partial charge in [-0.3, -0.25) is 0 Å². The molecule has 0 radical (unpaired) electrons. The summed E-state index contributed by atoms with van der Waals surface area (Å²) in [7, 11) is -3.29. The third-order valence-electron chi connectivity index (χ3n) is 5.11. The average Bonchev–Trinajstić information content (AvgIpc) is 3.24. The van der Waals surface area contributed by atoms with Gasteiger partial charge in [0.25, 0.3) is 0 Å². The summed E-state index contributed by atoms with van der Waals surface area (Å²) >= 11 is 0. The molecule has 5 nitrogen and oxygen atoms in total. The molecular weight excluding hydrogens is 396 g/mol. The first-order valence-electron chi connectivity index (χ1n) is 9.83. The SMILES string of the molecule is O=C(NCCS(=O)(=O)Cc1ccccc1)[N+]1=CC=C(c2cccc3ccccc23)C1. The number of allylic oxidation sites excluding steroid dienone is 1. The van der Waals surface area contributed by atoms with Crippen LogP contribution in [0.1, 0.15) is 11.1 Å². The summed E-state index contributed by atoms with van der Waals surface area (Å²) in [4.78, 5) is 12.5. The van der Waals surface area contributed by atoms with E-state index in [1.165, 1.54) is 0 Å². The predicted molar refractivity (Wildman–Crippen MR) is 120 cm³/mol. The zero-order valence-electron chi connectivity index (χ0n) is 16.5. The van der Waals surface area contributed by atoms with Crippen molar-refractivity contribution in [2.75, 3.05) is 18.8 Å². The maximum Gasteiger partial charge on any atom is 0.491 e. The van der Waals surface area contributed by atoms with Gasteiger partial charge in [0, 0.05) is 5.57 Å². The lowest BCUT2D eigenvalue weighted by Crippen LogP contribution is -2.36. The molecule has 0 aliphatic carbocycles. The lowest BCUT2D eigenvalue weighted by Gasteiger charge is -2.08. The molecule has 30 heavy (non-hydrogen) atoms. The highest BCUT2D eigenvalue weighted by Crippen LogP contribution is 2.26. The third-order valence-corrected chi connectivity index (χ3v) is 6.71. The maximum absolute atomic E-state index is 12.5. The Morgan fingerprint density at radius 1 is 0.933 bits per heavy atom. The van der Waals surface area contributed by atoms with E-state index in [2.05, 4.69) is 29.6 Å². The molecule has 0 saturated heterocycles. The lowest BCUT2D eigenvalue weighted by atomic mass is 9.99. The van der Waals surface area contributed by atoms with E-state index in [0.717, 1.165) is 27.5 Å². The van der Waals surface area contributed by atoms with Crippen molar-refractivity contribution >= 4 is 38.4 Å². The summed E-state index contributed by atoms with van der Waals surface area (Å²) in [6.07, 6.45) is 3.68. The van der Waals surface area contributed by atoms with Crippen LogP contribution in [0, 0.1) is 0 Å². The minimum atomic E-state index is -3.29. The van der Waals surface area contributed by atoms with Crippen molar-refractivity contribution in [3.63, 3.8) is 0 Å². The molecule has 0 aromatic heterocycles. The Hall–Kier alpha value is -3.25. The lowest BCUT2D eigenvalue weighted by molar-refractivity contribution is -0.405. The highest BCUT2D eigenvalue weighted by atomic mass is 32.2. The Morgan fingerprint density at radius 3 is 2.50 bits per heavy atom. The molecule has 0 atom stereocenters.